The Kier molecular flexibility index (Phi) is 11.3. The van der Waals surface area contributed by atoms with E-state index in [2.05, 4.69) is 5.32 Å². The molecule has 0 unspecified atom stereocenters. The van der Waals surface area contributed by atoms with Gasteiger partial charge in [0, 0.05) is 36.2 Å². The third kappa shape index (κ3) is 8.45. The van der Waals surface area contributed by atoms with Gasteiger partial charge in [0.25, 0.3) is 5.91 Å². The van der Waals surface area contributed by atoms with Gasteiger partial charge in [-0.05, 0) is 59.2 Å². The predicted octanol–water partition coefficient (Wildman–Crippen LogP) is 5.48. The van der Waals surface area contributed by atoms with Gasteiger partial charge in [-0.25, -0.2) is 8.42 Å². The number of morpholine rings is 1. The van der Waals surface area contributed by atoms with Crippen molar-refractivity contribution in [2.24, 2.45) is 0 Å². The van der Waals surface area contributed by atoms with E-state index in [-0.39, 0.29) is 31.1 Å². The number of nitrogens with one attached hydrogen (secondary N) is 1. The van der Waals surface area contributed by atoms with Gasteiger partial charge in [-0.1, -0.05) is 83.9 Å². The van der Waals surface area contributed by atoms with Gasteiger partial charge < -0.3 is 19.7 Å². The van der Waals surface area contributed by atoms with Gasteiger partial charge in [-0.2, -0.15) is 4.31 Å². The van der Waals surface area contributed by atoms with E-state index in [9.17, 15) is 18.0 Å². The second-order valence-corrected chi connectivity index (χ2v) is 13.3. The van der Waals surface area contributed by atoms with Gasteiger partial charge in [0.05, 0.1) is 18.1 Å². The molecule has 1 heterocycles. The van der Waals surface area contributed by atoms with Crippen LogP contribution in [0.15, 0.2) is 108 Å². The van der Waals surface area contributed by atoms with Gasteiger partial charge in [0.1, 0.15) is 11.8 Å². The molecular weight excluding hydrogens is 649 g/mol. The van der Waals surface area contributed by atoms with E-state index in [4.69, 9.17) is 32.7 Å². The molecule has 1 aliphatic heterocycles. The third-order valence-corrected chi connectivity index (χ3v) is 10.0. The molecule has 46 heavy (non-hydrogen) atoms. The molecule has 1 atom stereocenters. The average Bonchev–Trinajstić information content (AvgIpc) is 3.08. The van der Waals surface area contributed by atoms with Crippen molar-refractivity contribution in [1.82, 2.24) is 14.5 Å². The van der Waals surface area contributed by atoms with E-state index < -0.39 is 34.5 Å². The number of hydrogen-bond acceptors (Lipinski definition) is 6. The zero-order valence-electron chi connectivity index (χ0n) is 24.9. The van der Waals surface area contributed by atoms with E-state index in [1.807, 2.05) is 24.3 Å². The number of halogens is 2. The fourth-order valence-corrected chi connectivity index (χ4v) is 6.75. The molecule has 240 valence electrons. The summed E-state index contributed by atoms with van der Waals surface area (Å²) < 4.78 is 38.5. The van der Waals surface area contributed by atoms with Gasteiger partial charge >= 0.3 is 0 Å². The monoisotopic (exact) mass is 681 g/mol. The van der Waals surface area contributed by atoms with Crippen molar-refractivity contribution in [3.63, 3.8) is 0 Å². The molecule has 0 spiro atoms. The maximum atomic E-state index is 13.9. The van der Waals surface area contributed by atoms with Crippen LogP contribution in [0.3, 0.4) is 0 Å². The number of amides is 2. The molecule has 1 saturated heterocycles. The molecule has 4 aromatic carbocycles. The minimum atomic E-state index is -3.68. The van der Waals surface area contributed by atoms with E-state index >= 15 is 0 Å². The minimum absolute atomic E-state index is 0.0924. The minimum Gasteiger partial charge on any atom is -0.484 e. The smallest absolute Gasteiger partial charge is 0.261 e. The summed E-state index contributed by atoms with van der Waals surface area (Å²) in [6.45, 7) is 1.12. The molecule has 4 aromatic rings. The zero-order valence-corrected chi connectivity index (χ0v) is 27.2. The molecule has 5 rings (SSSR count). The Morgan fingerprint density at radius 3 is 2.20 bits per heavy atom. The number of ether oxygens (including phenoxy) is 2. The fraction of sp³-hybridized carbons (Fsp3) is 0.235. The van der Waals surface area contributed by atoms with Crippen LogP contribution < -0.4 is 10.1 Å². The van der Waals surface area contributed by atoms with Crippen molar-refractivity contribution in [3.8, 4) is 5.75 Å². The van der Waals surface area contributed by atoms with Gasteiger partial charge in [-0.3, -0.25) is 9.59 Å². The first-order valence-corrected chi connectivity index (χ1v) is 16.8. The van der Waals surface area contributed by atoms with Gasteiger partial charge in [0.2, 0.25) is 15.9 Å². The van der Waals surface area contributed by atoms with Gasteiger partial charge in [0.15, 0.2) is 6.61 Å². The van der Waals surface area contributed by atoms with Crippen LogP contribution in [0.25, 0.3) is 0 Å². The second kappa shape index (κ2) is 15.6. The topological polar surface area (TPSA) is 105 Å². The van der Waals surface area contributed by atoms with E-state index in [1.165, 1.54) is 33.5 Å². The Bertz CT molecular complexity index is 1730. The molecule has 0 radical (unpaired) electrons. The number of hydrogen-bond donors (Lipinski definition) is 1. The van der Waals surface area contributed by atoms with Crippen molar-refractivity contribution < 1.29 is 27.5 Å². The Morgan fingerprint density at radius 1 is 0.870 bits per heavy atom. The molecule has 0 bridgehead atoms. The Hall–Kier alpha value is -3.93. The van der Waals surface area contributed by atoms with Crippen molar-refractivity contribution >= 4 is 45.0 Å². The Morgan fingerprint density at radius 2 is 1.52 bits per heavy atom. The lowest BCUT2D eigenvalue weighted by molar-refractivity contribution is -0.143. The molecule has 12 heteroatoms. The molecule has 1 N–H and O–H groups in total. The van der Waals surface area contributed by atoms with Crippen molar-refractivity contribution in [2.45, 2.75) is 24.0 Å². The average molecular weight is 683 g/mol. The predicted molar refractivity (Wildman–Crippen MR) is 176 cm³/mol. The van der Waals surface area contributed by atoms with Crippen LogP contribution in [0.1, 0.15) is 22.7 Å². The first-order chi connectivity index (χ1) is 22.2. The summed E-state index contributed by atoms with van der Waals surface area (Å²) in [5.74, 6) is -0.548. The summed E-state index contributed by atoms with van der Waals surface area (Å²) in [6, 6.07) is 28.2. The van der Waals surface area contributed by atoms with Crippen LogP contribution in [0.2, 0.25) is 10.0 Å². The lowest BCUT2D eigenvalue weighted by Gasteiger charge is -2.31. The van der Waals surface area contributed by atoms with Crippen molar-refractivity contribution in [1.29, 1.82) is 0 Å². The number of rotatable bonds is 12. The third-order valence-electron chi connectivity index (χ3n) is 7.47. The Balaban J connectivity index is 1.37. The summed E-state index contributed by atoms with van der Waals surface area (Å²) in [4.78, 5) is 29.4. The number of sulfonamides is 1. The van der Waals surface area contributed by atoms with E-state index in [1.54, 1.807) is 54.6 Å². The number of carbonyl (C=O) groups excluding carboxylic acids is 2. The van der Waals surface area contributed by atoms with Crippen LogP contribution in [0.5, 0.6) is 5.75 Å². The molecule has 1 fully saturated rings. The molecule has 1 aliphatic rings. The number of carbonyl (C=O) groups is 2. The van der Waals surface area contributed by atoms with Crippen LogP contribution >= 0.6 is 23.2 Å². The van der Waals surface area contributed by atoms with Crippen LogP contribution in [0.4, 0.5) is 0 Å². The maximum absolute atomic E-state index is 13.9. The molecule has 0 aliphatic carbocycles. The molecule has 0 aromatic heterocycles. The molecular formula is C34H33Cl2N3O6S. The molecule has 0 saturated carbocycles. The van der Waals surface area contributed by atoms with Crippen molar-refractivity contribution in [3.05, 3.63) is 130 Å². The lowest BCUT2D eigenvalue weighted by Crippen LogP contribution is -2.45. The molecule has 2 amide bonds. The summed E-state index contributed by atoms with van der Waals surface area (Å²) in [5.41, 5.74) is 2.11. The van der Waals surface area contributed by atoms with E-state index in [0.29, 0.717) is 34.6 Å². The first-order valence-electron chi connectivity index (χ1n) is 14.6. The highest BCUT2D eigenvalue weighted by Gasteiger charge is 2.32. The number of nitrogens with zero attached hydrogens (tertiary/aromatic N) is 2. The van der Waals surface area contributed by atoms with Crippen molar-refractivity contribution in [2.75, 3.05) is 32.9 Å². The SMILES string of the molecule is O=C(NCc1ccccc1Cl)[C@H](c1ccccc1)N(Cc1ccc(Cl)cc1)C(=O)COc1ccc(S(=O)(=O)N2CCOCC2)cc1. The highest BCUT2D eigenvalue weighted by atomic mass is 35.5. The van der Waals surface area contributed by atoms with Gasteiger partial charge in [-0.15, -0.1) is 0 Å². The van der Waals surface area contributed by atoms with Crippen LogP contribution in [-0.2, 0) is 37.4 Å². The second-order valence-electron chi connectivity index (χ2n) is 10.5. The molecule has 9 nitrogen and oxygen atoms in total. The summed E-state index contributed by atoms with van der Waals surface area (Å²) in [7, 11) is -3.68. The summed E-state index contributed by atoms with van der Waals surface area (Å²) in [6.07, 6.45) is 0. The van der Waals surface area contributed by atoms with E-state index in [0.717, 1.165) is 11.1 Å². The first kappa shape index (κ1) is 33.4. The van der Waals surface area contributed by atoms with Crippen LogP contribution in [-0.4, -0.2) is 62.3 Å². The highest BCUT2D eigenvalue weighted by molar-refractivity contribution is 7.89. The Labute approximate surface area is 278 Å². The van der Waals surface area contributed by atoms with Crippen LogP contribution in [0, 0.1) is 0 Å². The zero-order chi connectivity index (χ0) is 32.5. The lowest BCUT2D eigenvalue weighted by atomic mass is 10.0. The number of benzene rings is 4. The normalized spacial score (nSPS) is 14.3. The highest BCUT2D eigenvalue weighted by Crippen LogP contribution is 2.26. The standard InChI is InChI=1S/C34H33Cl2N3O6S/c35-28-12-10-25(11-13-28)23-39(33(26-6-2-1-3-7-26)34(41)37-22-27-8-4-5-9-31(27)36)32(40)24-45-29-14-16-30(17-15-29)46(42,43)38-18-20-44-21-19-38/h1-17,33H,18-24H2,(H,37,41)/t33-/m0/s1. The maximum Gasteiger partial charge on any atom is 0.261 e. The quantitative estimate of drug-likeness (QED) is 0.212. The largest absolute Gasteiger partial charge is 0.484 e. The summed E-state index contributed by atoms with van der Waals surface area (Å²) >= 11 is 12.4. The summed E-state index contributed by atoms with van der Waals surface area (Å²) in [5, 5.41) is 4.00. The fourth-order valence-electron chi connectivity index (χ4n) is 5.01.